The lowest BCUT2D eigenvalue weighted by Crippen LogP contribution is -2.18. The molecule has 0 unspecified atom stereocenters. The van der Waals surface area contributed by atoms with E-state index < -0.39 is 0 Å². The van der Waals surface area contributed by atoms with Gasteiger partial charge in [0.1, 0.15) is 11.5 Å². The Morgan fingerprint density at radius 1 is 1.18 bits per heavy atom. The smallest absolute Gasteiger partial charge is 0.275 e. The zero-order chi connectivity index (χ0) is 15.4. The van der Waals surface area contributed by atoms with E-state index in [4.69, 9.17) is 9.15 Å². The predicted octanol–water partition coefficient (Wildman–Crippen LogP) is 3.21. The molecule has 3 rings (SSSR count). The van der Waals surface area contributed by atoms with Crippen LogP contribution in [-0.4, -0.2) is 19.2 Å². The normalized spacial score (nSPS) is 11.0. The van der Waals surface area contributed by atoms with Crippen molar-refractivity contribution >= 4 is 22.9 Å². The largest absolute Gasteiger partial charge is 0.496 e. The minimum atomic E-state index is -0.342. The number of amides is 1. The maximum absolute atomic E-state index is 12.3. The van der Waals surface area contributed by atoms with Crippen LogP contribution in [0.15, 0.2) is 64.3 Å². The van der Waals surface area contributed by atoms with Crippen LogP contribution in [0.4, 0.5) is 0 Å². The van der Waals surface area contributed by atoms with Crippen molar-refractivity contribution < 1.29 is 13.9 Å². The summed E-state index contributed by atoms with van der Waals surface area (Å²) < 4.78 is 10.4. The fourth-order valence-electron chi connectivity index (χ4n) is 2.15. The number of hydrazone groups is 1. The van der Waals surface area contributed by atoms with Gasteiger partial charge in [-0.2, -0.15) is 5.10 Å². The molecule has 0 fully saturated rings. The summed E-state index contributed by atoms with van der Waals surface area (Å²) in [6, 6.07) is 14.9. The van der Waals surface area contributed by atoms with Crippen LogP contribution in [0.2, 0.25) is 0 Å². The Labute approximate surface area is 127 Å². The van der Waals surface area contributed by atoms with E-state index in [1.807, 2.05) is 30.3 Å². The highest BCUT2D eigenvalue weighted by Crippen LogP contribution is 2.25. The molecule has 1 aromatic heterocycles. The minimum Gasteiger partial charge on any atom is -0.496 e. The molecule has 0 aliphatic rings. The van der Waals surface area contributed by atoms with Gasteiger partial charge < -0.3 is 9.15 Å². The molecular weight excluding hydrogens is 280 g/mol. The van der Waals surface area contributed by atoms with E-state index >= 15 is 0 Å². The van der Waals surface area contributed by atoms with E-state index in [0.29, 0.717) is 17.1 Å². The fraction of sp³-hybridized carbons (Fsp3) is 0.0588. The van der Waals surface area contributed by atoms with Crippen molar-refractivity contribution in [3.05, 3.63) is 66.1 Å². The number of methoxy groups -OCH3 is 1. The maximum Gasteiger partial charge on any atom is 0.275 e. The van der Waals surface area contributed by atoms with Gasteiger partial charge in [-0.3, -0.25) is 4.79 Å². The Morgan fingerprint density at radius 3 is 2.64 bits per heavy atom. The van der Waals surface area contributed by atoms with Gasteiger partial charge >= 0.3 is 0 Å². The van der Waals surface area contributed by atoms with Gasteiger partial charge in [0.15, 0.2) is 0 Å². The standard InChI is InChI=1S/C17H14N2O3/c1-21-16-10-13-6-3-2-5-12(13)9-15(16)17(20)19-18-11-14-7-4-8-22-14/h2-11H,1H3,(H,19,20)/b18-11-. The van der Waals surface area contributed by atoms with Gasteiger partial charge in [0.25, 0.3) is 5.91 Å². The number of benzene rings is 2. The zero-order valence-electron chi connectivity index (χ0n) is 11.9. The summed E-state index contributed by atoms with van der Waals surface area (Å²) in [5.41, 5.74) is 2.90. The van der Waals surface area contributed by atoms with E-state index in [2.05, 4.69) is 10.5 Å². The first-order chi connectivity index (χ1) is 10.8. The van der Waals surface area contributed by atoms with Gasteiger partial charge in [-0.1, -0.05) is 24.3 Å². The molecule has 0 aliphatic heterocycles. The molecule has 1 amide bonds. The summed E-state index contributed by atoms with van der Waals surface area (Å²) in [4.78, 5) is 12.3. The van der Waals surface area contributed by atoms with Crippen LogP contribution in [-0.2, 0) is 0 Å². The zero-order valence-corrected chi connectivity index (χ0v) is 11.9. The third kappa shape index (κ3) is 2.83. The molecule has 0 atom stereocenters. The van der Waals surface area contributed by atoms with Crippen LogP contribution in [0.25, 0.3) is 10.8 Å². The summed E-state index contributed by atoms with van der Waals surface area (Å²) in [6.45, 7) is 0. The van der Waals surface area contributed by atoms with Gasteiger partial charge in [0.05, 0.1) is 25.2 Å². The molecule has 3 aromatic rings. The topological polar surface area (TPSA) is 63.8 Å². The average Bonchev–Trinajstić information content (AvgIpc) is 3.06. The highest BCUT2D eigenvalue weighted by atomic mass is 16.5. The molecular formula is C17H14N2O3. The number of carbonyl (C=O) groups is 1. The molecule has 0 aliphatic carbocycles. The van der Waals surface area contributed by atoms with Gasteiger partial charge in [-0.15, -0.1) is 0 Å². The second kappa shape index (κ2) is 6.13. The first kappa shape index (κ1) is 13.9. The summed E-state index contributed by atoms with van der Waals surface area (Å²) in [6.07, 6.45) is 2.97. The quantitative estimate of drug-likeness (QED) is 0.593. The first-order valence-corrected chi connectivity index (χ1v) is 6.71. The summed E-state index contributed by atoms with van der Waals surface area (Å²) in [7, 11) is 1.53. The van der Waals surface area contributed by atoms with E-state index in [-0.39, 0.29) is 5.91 Å². The summed E-state index contributed by atoms with van der Waals surface area (Å²) in [5.74, 6) is 0.723. The van der Waals surface area contributed by atoms with Crippen molar-refractivity contribution in [3.8, 4) is 5.75 Å². The number of rotatable bonds is 4. The number of nitrogens with one attached hydrogen (secondary N) is 1. The van der Waals surface area contributed by atoms with Crippen LogP contribution in [0.3, 0.4) is 0 Å². The summed E-state index contributed by atoms with van der Waals surface area (Å²) >= 11 is 0. The van der Waals surface area contributed by atoms with Crippen molar-refractivity contribution in [2.45, 2.75) is 0 Å². The van der Waals surface area contributed by atoms with Crippen molar-refractivity contribution in [1.29, 1.82) is 0 Å². The Morgan fingerprint density at radius 2 is 1.95 bits per heavy atom. The molecule has 1 N–H and O–H groups in total. The van der Waals surface area contributed by atoms with Crippen molar-refractivity contribution in [2.24, 2.45) is 5.10 Å². The number of hydrogen-bond acceptors (Lipinski definition) is 4. The highest BCUT2D eigenvalue weighted by Gasteiger charge is 2.13. The maximum atomic E-state index is 12.3. The van der Waals surface area contributed by atoms with Crippen molar-refractivity contribution in [2.75, 3.05) is 7.11 Å². The average molecular weight is 294 g/mol. The van der Waals surface area contributed by atoms with Crippen LogP contribution < -0.4 is 10.2 Å². The SMILES string of the molecule is COc1cc2ccccc2cc1C(=O)N/N=C\c1ccco1. The number of carbonyl (C=O) groups excluding carboxylic acids is 1. The molecule has 0 saturated heterocycles. The molecule has 2 aromatic carbocycles. The predicted molar refractivity (Wildman–Crippen MR) is 84.3 cm³/mol. The van der Waals surface area contributed by atoms with Crippen LogP contribution in [0.5, 0.6) is 5.75 Å². The van der Waals surface area contributed by atoms with Crippen LogP contribution >= 0.6 is 0 Å². The van der Waals surface area contributed by atoms with Gasteiger partial charge in [-0.05, 0) is 35.0 Å². The van der Waals surface area contributed by atoms with Crippen LogP contribution in [0.1, 0.15) is 16.1 Å². The Kier molecular flexibility index (Phi) is 3.87. The number of ether oxygens (including phenoxy) is 1. The second-order valence-corrected chi connectivity index (χ2v) is 4.61. The highest BCUT2D eigenvalue weighted by molar-refractivity contribution is 6.01. The number of fused-ring (bicyclic) bond motifs is 1. The van der Waals surface area contributed by atoms with Gasteiger partial charge in [0, 0.05) is 0 Å². The van der Waals surface area contributed by atoms with E-state index in [1.165, 1.54) is 19.6 Å². The minimum absolute atomic E-state index is 0.342. The molecule has 110 valence electrons. The molecule has 0 saturated carbocycles. The monoisotopic (exact) mass is 294 g/mol. The Balaban J connectivity index is 1.86. The van der Waals surface area contributed by atoms with E-state index in [1.54, 1.807) is 18.2 Å². The van der Waals surface area contributed by atoms with Crippen LogP contribution in [0, 0.1) is 0 Å². The molecule has 0 radical (unpaired) electrons. The molecule has 5 nitrogen and oxygen atoms in total. The lowest BCUT2D eigenvalue weighted by Gasteiger charge is -2.09. The molecule has 0 bridgehead atoms. The third-order valence-electron chi connectivity index (χ3n) is 3.21. The molecule has 1 heterocycles. The number of hydrogen-bond donors (Lipinski definition) is 1. The second-order valence-electron chi connectivity index (χ2n) is 4.61. The number of furan rings is 1. The number of nitrogens with zero attached hydrogens (tertiary/aromatic N) is 1. The molecule has 5 heteroatoms. The third-order valence-corrected chi connectivity index (χ3v) is 3.21. The molecule has 22 heavy (non-hydrogen) atoms. The lowest BCUT2D eigenvalue weighted by molar-refractivity contribution is 0.0952. The van der Waals surface area contributed by atoms with Gasteiger partial charge in [-0.25, -0.2) is 5.43 Å². The Hall–Kier alpha value is -3.08. The fourth-order valence-corrected chi connectivity index (χ4v) is 2.15. The van der Waals surface area contributed by atoms with Crippen molar-refractivity contribution in [1.82, 2.24) is 5.43 Å². The van der Waals surface area contributed by atoms with E-state index in [9.17, 15) is 4.79 Å². The van der Waals surface area contributed by atoms with E-state index in [0.717, 1.165) is 10.8 Å². The summed E-state index contributed by atoms with van der Waals surface area (Å²) in [5, 5.41) is 5.84. The van der Waals surface area contributed by atoms with Crippen molar-refractivity contribution in [3.63, 3.8) is 0 Å². The Bertz CT molecular complexity index is 823. The lowest BCUT2D eigenvalue weighted by atomic mass is 10.1. The molecule has 0 spiro atoms. The van der Waals surface area contributed by atoms with Gasteiger partial charge in [0.2, 0.25) is 0 Å². The first-order valence-electron chi connectivity index (χ1n) is 6.71.